The number of esters is 1. The van der Waals surface area contributed by atoms with Crippen LogP contribution in [-0.4, -0.2) is 22.6 Å². The molecule has 0 amide bonds. The molecule has 5 nitrogen and oxygen atoms in total. The molecule has 1 aromatic heterocycles. The van der Waals surface area contributed by atoms with Crippen LogP contribution >= 0.6 is 0 Å². The number of hydrogen-bond acceptors (Lipinski definition) is 4. The fourth-order valence-electron chi connectivity index (χ4n) is 2.15. The van der Waals surface area contributed by atoms with Gasteiger partial charge in [0.2, 0.25) is 0 Å². The van der Waals surface area contributed by atoms with Crippen LogP contribution in [0.15, 0.2) is 6.33 Å². The summed E-state index contributed by atoms with van der Waals surface area (Å²) in [7, 11) is 1.32. The van der Waals surface area contributed by atoms with Crippen LogP contribution in [0.3, 0.4) is 0 Å². The quantitative estimate of drug-likeness (QED) is 0.800. The molecular formula is C12H21N3O2. The minimum absolute atomic E-state index is 0.199. The topological polar surface area (TPSA) is 70.1 Å². The Morgan fingerprint density at radius 2 is 2.12 bits per heavy atom. The zero-order valence-corrected chi connectivity index (χ0v) is 10.9. The van der Waals surface area contributed by atoms with Crippen LogP contribution in [0.1, 0.15) is 50.1 Å². The van der Waals surface area contributed by atoms with E-state index in [0.29, 0.717) is 11.7 Å². The molecule has 1 aromatic rings. The lowest BCUT2D eigenvalue weighted by molar-refractivity contribution is 0.0596. The number of rotatable bonds is 5. The first-order valence-corrected chi connectivity index (χ1v) is 5.97. The summed E-state index contributed by atoms with van der Waals surface area (Å²) < 4.78 is 6.48. The van der Waals surface area contributed by atoms with Crippen LogP contribution in [0.4, 0.5) is 5.82 Å². The van der Waals surface area contributed by atoms with Crippen molar-refractivity contribution in [2.24, 2.45) is 5.92 Å². The fourth-order valence-corrected chi connectivity index (χ4v) is 2.15. The molecule has 0 fully saturated rings. The van der Waals surface area contributed by atoms with Gasteiger partial charge in [0.15, 0.2) is 5.69 Å². The molecule has 96 valence electrons. The Morgan fingerprint density at radius 3 is 2.59 bits per heavy atom. The molecule has 1 atom stereocenters. The second-order valence-corrected chi connectivity index (χ2v) is 4.19. The summed E-state index contributed by atoms with van der Waals surface area (Å²) in [6, 6.07) is 0.232. The van der Waals surface area contributed by atoms with E-state index in [1.807, 2.05) is 4.57 Å². The molecule has 0 aliphatic heterocycles. The van der Waals surface area contributed by atoms with E-state index in [1.165, 1.54) is 7.11 Å². The average molecular weight is 239 g/mol. The maximum Gasteiger partial charge on any atom is 0.360 e. The number of carbonyl (C=O) groups excluding carboxylic acids is 1. The van der Waals surface area contributed by atoms with Gasteiger partial charge in [-0.2, -0.15) is 0 Å². The number of methoxy groups -OCH3 is 1. The van der Waals surface area contributed by atoms with Crippen molar-refractivity contribution in [1.29, 1.82) is 0 Å². The van der Waals surface area contributed by atoms with Crippen molar-refractivity contribution in [2.45, 2.75) is 39.7 Å². The van der Waals surface area contributed by atoms with Gasteiger partial charge in [-0.1, -0.05) is 26.7 Å². The van der Waals surface area contributed by atoms with E-state index in [4.69, 9.17) is 5.73 Å². The summed E-state index contributed by atoms with van der Waals surface area (Å²) >= 11 is 0. The molecule has 0 bridgehead atoms. The largest absolute Gasteiger partial charge is 0.464 e. The van der Waals surface area contributed by atoms with Gasteiger partial charge in [0.1, 0.15) is 5.82 Å². The first kappa shape index (κ1) is 13.5. The number of carbonyl (C=O) groups is 1. The third-order valence-corrected chi connectivity index (χ3v) is 3.38. The molecule has 17 heavy (non-hydrogen) atoms. The molecule has 0 aliphatic carbocycles. The monoisotopic (exact) mass is 239 g/mol. The van der Waals surface area contributed by atoms with Gasteiger partial charge in [0.05, 0.1) is 13.4 Å². The number of imidazole rings is 1. The van der Waals surface area contributed by atoms with Crippen LogP contribution in [0, 0.1) is 5.92 Å². The van der Waals surface area contributed by atoms with Crippen molar-refractivity contribution in [3.63, 3.8) is 0 Å². The van der Waals surface area contributed by atoms with Crippen molar-refractivity contribution in [2.75, 3.05) is 12.8 Å². The van der Waals surface area contributed by atoms with Crippen LogP contribution in [0.25, 0.3) is 0 Å². The first-order chi connectivity index (χ1) is 8.06. The second kappa shape index (κ2) is 5.70. The molecule has 1 unspecified atom stereocenters. The summed E-state index contributed by atoms with van der Waals surface area (Å²) in [5.74, 6) is 0.422. The molecule has 0 radical (unpaired) electrons. The smallest absolute Gasteiger partial charge is 0.360 e. The normalized spacial score (nSPS) is 12.8. The molecule has 1 heterocycles. The van der Waals surface area contributed by atoms with Gasteiger partial charge in [-0.15, -0.1) is 0 Å². The Balaban J connectivity index is 3.00. The van der Waals surface area contributed by atoms with E-state index in [-0.39, 0.29) is 11.7 Å². The molecule has 0 aliphatic rings. The number of nitrogens with two attached hydrogens (primary N) is 1. The number of aromatic nitrogens is 2. The summed E-state index contributed by atoms with van der Waals surface area (Å²) in [5.41, 5.74) is 6.13. The van der Waals surface area contributed by atoms with E-state index < -0.39 is 5.97 Å². The van der Waals surface area contributed by atoms with Crippen LogP contribution in [0.2, 0.25) is 0 Å². The number of nitrogen functional groups attached to an aromatic ring is 1. The van der Waals surface area contributed by atoms with Crippen molar-refractivity contribution in [1.82, 2.24) is 9.55 Å². The molecule has 2 N–H and O–H groups in total. The van der Waals surface area contributed by atoms with Crippen molar-refractivity contribution in [3.05, 3.63) is 12.0 Å². The minimum atomic E-state index is -0.488. The van der Waals surface area contributed by atoms with Gasteiger partial charge in [-0.25, -0.2) is 9.78 Å². The summed E-state index contributed by atoms with van der Waals surface area (Å²) in [6.07, 6.45) is 3.76. The van der Waals surface area contributed by atoms with Crippen molar-refractivity contribution in [3.8, 4) is 0 Å². The molecule has 0 spiro atoms. The minimum Gasteiger partial charge on any atom is -0.464 e. The standard InChI is InChI=1S/C12H21N3O2/c1-5-9(6-2)8(3)15-7-14-10(11(15)13)12(16)17-4/h7-9H,5-6,13H2,1-4H3. The van der Waals surface area contributed by atoms with E-state index in [1.54, 1.807) is 6.33 Å². The maximum absolute atomic E-state index is 11.4. The van der Waals surface area contributed by atoms with Crippen molar-refractivity contribution < 1.29 is 9.53 Å². The Morgan fingerprint density at radius 1 is 1.53 bits per heavy atom. The highest BCUT2D eigenvalue weighted by Crippen LogP contribution is 2.27. The summed E-state index contributed by atoms with van der Waals surface area (Å²) in [6.45, 7) is 6.40. The third-order valence-electron chi connectivity index (χ3n) is 3.38. The third kappa shape index (κ3) is 2.60. The van der Waals surface area contributed by atoms with E-state index >= 15 is 0 Å². The first-order valence-electron chi connectivity index (χ1n) is 5.97. The highest BCUT2D eigenvalue weighted by molar-refractivity contribution is 5.92. The molecular weight excluding hydrogens is 218 g/mol. The lowest BCUT2D eigenvalue weighted by Crippen LogP contribution is -2.17. The van der Waals surface area contributed by atoms with Gasteiger partial charge < -0.3 is 15.0 Å². The van der Waals surface area contributed by atoms with E-state index in [9.17, 15) is 4.79 Å². The summed E-state index contributed by atoms with van der Waals surface area (Å²) in [5, 5.41) is 0. The van der Waals surface area contributed by atoms with Gasteiger partial charge >= 0.3 is 5.97 Å². The fraction of sp³-hybridized carbons (Fsp3) is 0.667. The van der Waals surface area contributed by atoms with Crippen molar-refractivity contribution >= 4 is 11.8 Å². The van der Waals surface area contributed by atoms with E-state index in [0.717, 1.165) is 12.8 Å². The number of anilines is 1. The SMILES string of the molecule is CCC(CC)C(C)n1cnc(C(=O)OC)c1N. The second-order valence-electron chi connectivity index (χ2n) is 4.19. The van der Waals surface area contributed by atoms with Crippen LogP contribution in [-0.2, 0) is 4.74 Å². The van der Waals surface area contributed by atoms with Crippen LogP contribution < -0.4 is 5.73 Å². The summed E-state index contributed by atoms with van der Waals surface area (Å²) in [4.78, 5) is 15.4. The lowest BCUT2D eigenvalue weighted by Gasteiger charge is -2.23. The zero-order valence-electron chi connectivity index (χ0n) is 10.9. The maximum atomic E-state index is 11.4. The molecule has 0 saturated heterocycles. The predicted octanol–water partition coefficient (Wildman–Crippen LogP) is 2.25. The molecule has 0 saturated carbocycles. The van der Waals surface area contributed by atoms with E-state index in [2.05, 4.69) is 30.5 Å². The molecule has 1 rings (SSSR count). The highest BCUT2D eigenvalue weighted by Gasteiger charge is 2.22. The Hall–Kier alpha value is -1.52. The zero-order chi connectivity index (χ0) is 13.0. The Labute approximate surface area is 102 Å². The number of hydrogen-bond donors (Lipinski definition) is 1. The molecule has 0 aromatic carbocycles. The van der Waals surface area contributed by atoms with Crippen LogP contribution in [0.5, 0.6) is 0 Å². The predicted molar refractivity (Wildman–Crippen MR) is 66.8 cm³/mol. The Kier molecular flexibility index (Phi) is 4.54. The molecule has 5 heteroatoms. The lowest BCUT2D eigenvalue weighted by atomic mass is 9.95. The Bertz CT molecular complexity index is 383. The van der Waals surface area contributed by atoms with Gasteiger partial charge in [-0.3, -0.25) is 0 Å². The number of ether oxygens (including phenoxy) is 1. The van der Waals surface area contributed by atoms with Gasteiger partial charge in [0.25, 0.3) is 0 Å². The average Bonchev–Trinajstić information content (AvgIpc) is 2.71. The van der Waals surface area contributed by atoms with Gasteiger partial charge in [0, 0.05) is 6.04 Å². The highest BCUT2D eigenvalue weighted by atomic mass is 16.5. The number of nitrogens with zero attached hydrogens (tertiary/aromatic N) is 2. The van der Waals surface area contributed by atoms with Gasteiger partial charge in [-0.05, 0) is 12.8 Å².